The Morgan fingerprint density at radius 2 is 2.00 bits per heavy atom. The van der Waals surface area contributed by atoms with E-state index in [2.05, 4.69) is 39.1 Å². The number of rotatable bonds is 7. The molecule has 3 rings (SSSR count). The van der Waals surface area contributed by atoms with Crippen LogP contribution in [0.1, 0.15) is 51.9 Å². The second kappa shape index (κ2) is 9.67. The number of urea groups is 1. The molecule has 3 heterocycles. The van der Waals surface area contributed by atoms with Gasteiger partial charge in [0.15, 0.2) is 5.82 Å². The summed E-state index contributed by atoms with van der Waals surface area (Å²) in [5, 5.41) is 6.93. The van der Waals surface area contributed by atoms with Crippen LogP contribution in [0, 0.1) is 0 Å². The van der Waals surface area contributed by atoms with Gasteiger partial charge in [-0.25, -0.2) is 4.79 Å². The highest BCUT2D eigenvalue weighted by Crippen LogP contribution is 2.19. The minimum Gasteiger partial charge on any atom is -0.372 e. The fraction of sp³-hybridized carbons (Fsp3) is 0.842. The van der Waals surface area contributed by atoms with Gasteiger partial charge in [0.2, 0.25) is 0 Å². The zero-order valence-electron chi connectivity index (χ0n) is 17.6. The van der Waals surface area contributed by atoms with Gasteiger partial charge in [-0.3, -0.25) is 9.80 Å². The van der Waals surface area contributed by atoms with E-state index in [1.54, 1.807) is 0 Å². The van der Waals surface area contributed by atoms with Crippen molar-refractivity contribution in [3.63, 3.8) is 0 Å². The number of nitrogens with zero attached hydrogens (tertiary/aromatic N) is 5. The molecule has 2 saturated heterocycles. The van der Waals surface area contributed by atoms with Crippen LogP contribution in [0.15, 0.2) is 4.52 Å². The molecule has 0 saturated carbocycles. The van der Waals surface area contributed by atoms with Crippen molar-refractivity contribution in [2.75, 3.05) is 45.9 Å². The van der Waals surface area contributed by atoms with Gasteiger partial charge in [0.25, 0.3) is 5.89 Å². The summed E-state index contributed by atoms with van der Waals surface area (Å²) < 4.78 is 10.4. The van der Waals surface area contributed by atoms with Crippen LogP contribution in [-0.4, -0.2) is 88.8 Å². The fourth-order valence-corrected chi connectivity index (χ4v) is 3.88. The molecule has 0 aromatic carbocycles. The molecule has 0 bridgehead atoms. The molecule has 2 aliphatic rings. The zero-order valence-corrected chi connectivity index (χ0v) is 17.6. The number of hydrogen-bond donors (Lipinski definition) is 1. The minimum atomic E-state index is -0.305. The Balaban J connectivity index is 1.45. The number of carbonyl (C=O) groups excluding carboxylic acids is 1. The third-order valence-electron chi connectivity index (χ3n) is 5.69. The van der Waals surface area contributed by atoms with Crippen molar-refractivity contribution in [2.45, 2.75) is 58.8 Å². The summed E-state index contributed by atoms with van der Waals surface area (Å²) in [5.41, 5.74) is 0. The van der Waals surface area contributed by atoms with Gasteiger partial charge in [-0.1, -0.05) is 5.16 Å². The molecule has 1 aromatic rings. The molecule has 0 radical (unpaired) electrons. The van der Waals surface area contributed by atoms with Gasteiger partial charge in [0.05, 0.1) is 6.04 Å². The molecule has 2 atom stereocenters. The number of ether oxygens (including phenoxy) is 1. The van der Waals surface area contributed by atoms with Crippen molar-refractivity contribution in [1.29, 1.82) is 0 Å². The number of aromatic nitrogens is 2. The quantitative estimate of drug-likeness (QED) is 0.749. The third kappa shape index (κ3) is 5.21. The summed E-state index contributed by atoms with van der Waals surface area (Å²) in [4.78, 5) is 23.9. The summed E-state index contributed by atoms with van der Waals surface area (Å²) >= 11 is 0. The lowest BCUT2D eigenvalue weighted by atomic mass is 10.1. The normalized spacial score (nSPS) is 22.8. The molecule has 1 aromatic heterocycles. The van der Waals surface area contributed by atoms with Crippen molar-refractivity contribution in [1.82, 2.24) is 30.2 Å². The van der Waals surface area contributed by atoms with Crippen molar-refractivity contribution in [3.05, 3.63) is 11.7 Å². The monoisotopic (exact) mass is 394 g/mol. The van der Waals surface area contributed by atoms with Gasteiger partial charge in [0, 0.05) is 58.0 Å². The van der Waals surface area contributed by atoms with Crippen molar-refractivity contribution < 1.29 is 14.1 Å². The zero-order chi connectivity index (χ0) is 20.1. The number of piperazine rings is 1. The van der Waals surface area contributed by atoms with Gasteiger partial charge in [0.1, 0.15) is 6.61 Å². The lowest BCUT2D eigenvalue weighted by Crippen LogP contribution is -2.53. The second-order valence-corrected chi connectivity index (χ2v) is 7.91. The fourth-order valence-electron chi connectivity index (χ4n) is 3.88. The highest BCUT2D eigenvalue weighted by Gasteiger charge is 2.33. The summed E-state index contributed by atoms with van der Waals surface area (Å²) in [7, 11) is 0. The Morgan fingerprint density at radius 1 is 1.25 bits per heavy atom. The molecule has 1 N–H and O–H groups in total. The predicted octanol–water partition coefficient (Wildman–Crippen LogP) is 1.48. The second-order valence-electron chi connectivity index (χ2n) is 7.91. The van der Waals surface area contributed by atoms with Gasteiger partial charge < -0.3 is 19.5 Å². The minimum absolute atomic E-state index is 0.0630. The molecule has 28 heavy (non-hydrogen) atoms. The number of nitrogens with one attached hydrogen (secondary N) is 1. The highest BCUT2D eigenvalue weighted by molar-refractivity contribution is 5.75. The SMILES string of the molecule is CCOCc1nc(C(C)NC(=O)N2CCC(N3CCN(C(C)C)CC3)C2)no1. The molecule has 9 nitrogen and oxygen atoms in total. The first-order chi connectivity index (χ1) is 13.5. The van der Waals surface area contributed by atoms with E-state index < -0.39 is 0 Å². The van der Waals surface area contributed by atoms with E-state index in [-0.39, 0.29) is 12.1 Å². The maximum Gasteiger partial charge on any atom is 0.318 e. The van der Waals surface area contributed by atoms with Crippen LogP contribution < -0.4 is 5.32 Å². The van der Waals surface area contributed by atoms with Gasteiger partial charge >= 0.3 is 6.03 Å². The van der Waals surface area contributed by atoms with E-state index in [1.165, 1.54) is 0 Å². The lowest BCUT2D eigenvalue weighted by molar-refractivity contribution is 0.0809. The van der Waals surface area contributed by atoms with Crippen LogP contribution >= 0.6 is 0 Å². The number of likely N-dealkylation sites (tertiary alicyclic amines) is 1. The summed E-state index contributed by atoms with van der Waals surface area (Å²) in [6.45, 7) is 15.1. The van der Waals surface area contributed by atoms with E-state index in [9.17, 15) is 4.79 Å². The Bertz CT molecular complexity index is 629. The first kappa shape index (κ1) is 21.0. The molecule has 9 heteroatoms. The number of amides is 2. The van der Waals surface area contributed by atoms with E-state index in [0.717, 1.165) is 45.7 Å². The smallest absolute Gasteiger partial charge is 0.318 e. The van der Waals surface area contributed by atoms with E-state index in [1.807, 2.05) is 18.7 Å². The van der Waals surface area contributed by atoms with E-state index in [4.69, 9.17) is 9.26 Å². The van der Waals surface area contributed by atoms with Crippen molar-refractivity contribution >= 4 is 6.03 Å². The molecule has 0 spiro atoms. The van der Waals surface area contributed by atoms with Gasteiger partial charge in [-0.05, 0) is 34.1 Å². The Morgan fingerprint density at radius 3 is 2.68 bits per heavy atom. The van der Waals surface area contributed by atoms with Crippen LogP contribution in [0.3, 0.4) is 0 Å². The van der Waals surface area contributed by atoms with Crippen LogP contribution in [0.4, 0.5) is 4.79 Å². The standard InChI is InChI=1S/C19H34N6O3/c1-5-27-13-17-21-18(22-28-17)15(4)20-19(26)25-7-6-16(12-25)24-10-8-23(9-11-24)14(2)3/h14-16H,5-13H2,1-4H3,(H,20,26). The van der Waals surface area contributed by atoms with E-state index in [0.29, 0.717) is 37.0 Å². The molecular weight excluding hydrogens is 360 g/mol. The molecule has 0 aliphatic carbocycles. The lowest BCUT2D eigenvalue weighted by Gasteiger charge is -2.39. The number of carbonyl (C=O) groups is 1. The summed E-state index contributed by atoms with van der Waals surface area (Å²) in [6.07, 6.45) is 1.03. The average molecular weight is 395 g/mol. The Labute approximate surface area is 167 Å². The first-order valence-electron chi connectivity index (χ1n) is 10.4. The first-order valence-corrected chi connectivity index (χ1v) is 10.4. The molecule has 158 valence electrons. The number of hydrogen-bond acceptors (Lipinski definition) is 7. The molecular formula is C19H34N6O3. The van der Waals surface area contributed by atoms with Gasteiger partial charge in [-0.15, -0.1) is 0 Å². The van der Waals surface area contributed by atoms with Crippen LogP contribution in [-0.2, 0) is 11.3 Å². The Hall–Kier alpha value is -1.71. The van der Waals surface area contributed by atoms with Gasteiger partial charge in [-0.2, -0.15) is 4.98 Å². The highest BCUT2D eigenvalue weighted by atomic mass is 16.5. The summed E-state index contributed by atoms with van der Waals surface area (Å²) in [6, 6.07) is 0.694. The van der Waals surface area contributed by atoms with Crippen LogP contribution in [0.2, 0.25) is 0 Å². The average Bonchev–Trinajstić information content (AvgIpc) is 3.36. The largest absolute Gasteiger partial charge is 0.372 e. The predicted molar refractivity (Wildman–Crippen MR) is 105 cm³/mol. The van der Waals surface area contributed by atoms with E-state index >= 15 is 0 Å². The molecule has 2 fully saturated rings. The summed E-state index contributed by atoms with van der Waals surface area (Å²) in [5.74, 6) is 0.906. The van der Waals surface area contributed by atoms with Crippen molar-refractivity contribution in [2.24, 2.45) is 0 Å². The van der Waals surface area contributed by atoms with Crippen molar-refractivity contribution in [3.8, 4) is 0 Å². The third-order valence-corrected chi connectivity index (χ3v) is 5.69. The molecule has 2 amide bonds. The maximum atomic E-state index is 12.7. The van der Waals surface area contributed by atoms with Crippen LogP contribution in [0.5, 0.6) is 0 Å². The Kier molecular flexibility index (Phi) is 7.25. The maximum absolute atomic E-state index is 12.7. The molecule has 2 unspecified atom stereocenters. The van der Waals surface area contributed by atoms with Crippen LogP contribution in [0.25, 0.3) is 0 Å². The topological polar surface area (TPSA) is 87.0 Å². The molecule has 2 aliphatic heterocycles.